The van der Waals surface area contributed by atoms with Crippen LogP contribution in [0.5, 0.6) is 0 Å². The molecule has 0 saturated carbocycles. The summed E-state index contributed by atoms with van der Waals surface area (Å²) in [6.07, 6.45) is 3.12. The van der Waals surface area contributed by atoms with Crippen LogP contribution in [0.4, 0.5) is 21.7 Å². The third kappa shape index (κ3) is 3.26. The summed E-state index contributed by atoms with van der Waals surface area (Å²) >= 11 is 0. The number of hydrogen-bond donors (Lipinski definition) is 2. The summed E-state index contributed by atoms with van der Waals surface area (Å²) in [7, 11) is 1.79. The first-order valence-electron chi connectivity index (χ1n) is 6.67. The van der Waals surface area contributed by atoms with Crippen molar-refractivity contribution in [2.24, 2.45) is 0 Å². The van der Waals surface area contributed by atoms with Gasteiger partial charge in [0, 0.05) is 12.6 Å². The molecule has 0 amide bonds. The first kappa shape index (κ1) is 14.7. The summed E-state index contributed by atoms with van der Waals surface area (Å²) < 4.78 is 14.0. The summed E-state index contributed by atoms with van der Waals surface area (Å²) in [5, 5.41) is 14.7. The van der Waals surface area contributed by atoms with Gasteiger partial charge in [0.1, 0.15) is 23.8 Å². The number of anilines is 3. The fourth-order valence-corrected chi connectivity index (χ4v) is 2.04. The Morgan fingerprint density at radius 2 is 2.05 bits per heavy atom. The summed E-state index contributed by atoms with van der Waals surface area (Å²) in [6.45, 7) is 2.05. The molecule has 0 atom stereocenters. The monoisotopic (exact) mass is 285 g/mol. The average molecular weight is 285 g/mol. The van der Waals surface area contributed by atoms with Crippen LogP contribution < -0.4 is 10.6 Å². The zero-order valence-electron chi connectivity index (χ0n) is 11.9. The molecule has 0 saturated heterocycles. The van der Waals surface area contributed by atoms with Gasteiger partial charge in [0.25, 0.3) is 0 Å². The van der Waals surface area contributed by atoms with E-state index in [4.69, 9.17) is 5.26 Å². The molecule has 0 aliphatic rings. The van der Waals surface area contributed by atoms with Gasteiger partial charge in [-0.3, -0.25) is 0 Å². The van der Waals surface area contributed by atoms with Gasteiger partial charge in [0.15, 0.2) is 0 Å². The van der Waals surface area contributed by atoms with Crippen LogP contribution >= 0.6 is 0 Å². The van der Waals surface area contributed by atoms with Gasteiger partial charge in [-0.25, -0.2) is 14.4 Å². The summed E-state index contributed by atoms with van der Waals surface area (Å²) in [4.78, 5) is 8.36. The second-order valence-corrected chi connectivity index (χ2v) is 4.48. The van der Waals surface area contributed by atoms with Gasteiger partial charge < -0.3 is 10.6 Å². The fourth-order valence-electron chi connectivity index (χ4n) is 2.04. The molecule has 1 aromatic carbocycles. The van der Waals surface area contributed by atoms with Crippen molar-refractivity contribution in [2.75, 3.05) is 17.7 Å². The van der Waals surface area contributed by atoms with E-state index in [-0.39, 0.29) is 11.3 Å². The lowest BCUT2D eigenvalue weighted by Crippen LogP contribution is -2.06. The van der Waals surface area contributed by atoms with Crippen molar-refractivity contribution in [2.45, 2.75) is 19.8 Å². The first-order valence-corrected chi connectivity index (χ1v) is 6.67. The Kier molecular flexibility index (Phi) is 4.67. The number of benzene rings is 1. The number of halogens is 1. The zero-order valence-corrected chi connectivity index (χ0v) is 11.9. The summed E-state index contributed by atoms with van der Waals surface area (Å²) in [5.41, 5.74) is 1.48. The molecule has 2 rings (SSSR count). The van der Waals surface area contributed by atoms with Gasteiger partial charge in [0.2, 0.25) is 0 Å². The highest BCUT2D eigenvalue weighted by Gasteiger charge is 2.12. The Morgan fingerprint density at radius 1 is 1.29 bits per heavy atom. The Hall–Kier alpha value is -2.68. The van der Waals surface area contributed by atoms with Crippen LogP contribution in [-0.2, 0) is 6.42 Å². The fraction of sp³-hybridized carbons (Fsp3) is 0.267. The lowest BCUT2D eigenvalue weighted by molar-refractivity contribution is 0.631. The van der Waals surface area contributed by atoms with Crippen molar-refractivity contribution in [1.29, 1.82) is 5.26 Å². The standard InChI is InChI=1S/C15H16FN5/c1-3-4-11-14(18-2)19-9-20-15(11)21-13-6-5-10(8-17)7-12(13)16/h5-7,9H,3-4H2,1-2H3,(H2,18,19,20,21). The third-order valence-corrected chi connectivity index (χ3v) is 3.03. The Morgan fingerprint density at radius 3 is 2.67 bits per heavy atom. The molecule has 0 spiro atoms. The van der Waals surface area contributed by atoms with Crippen LogP contribution in [0.3, 0.4) is 0 Å². The van der Waals surface area contributed by atoms with Gasteiger partial charge in [-0.05, 0) is 24.6 Å². The van der Waals surface area contributed by atoms with E-state index in [1.165, 1.54) is 18.5 Å². The zero-order chi connectivity index (χ0) is 15.2. The second kappa shape index (κ2) is 6.66. The van der Waals surface area contributed by atoms with E-state index in [1.54, 1.807) is 13.1 Å². The molecule has 2 N–H and O–H groups in total. The number of rotatable bonds is 5. The third-order valence-electron chi connectivity index (χ3n) is 3.03. The lowest BCUT2D eigenvalue weighted by atomic mass is 10.1. The van der Waals surface area contributed by atoms with Crippen LogP contribution in [0.25, 0.3) is 0 Å². The van der Waals surface area contributed by atoms with E-state index in [9.17, 15) is 4.39 Å². The number of aromatic nitrogens is 2. The van der Waals surface area contributed by atoms with E-state index < -0.39 is 5.82 Å². The Bertz CT molecular complexity index is 678. The molecular weight excluding hydrogens is 269 g/mol. The molecule has 0 radical (unpaired) electrons. The highest BCUT2D eigenvalue weighted by Crippen LogP contribution is 2.26. The smallest absolute Gasteiger partial charge is 0.147 e. The average Bonchev–Trinajstić information content (AvgIpc) is 2.51. The number of hydrogen-bond acceptors (Lipinski definition) is 5. The van der Waals surface area contributed by atoms with Gasteiger partial charge in [0.05, 0.1) is 17.3 Å². The van der Waals surface area contributed by atoms with E-state index in [2.05, 4.69) is 27.5 Å². The number of nitrogens with zero attached hydrogens (tertiary/aromatic N) is 3. The van der Waals surface area contributed by atoms with E-state index >= 15 is 0 Å². The molecule has 2 aromatic rings. The highest BCUT2D eigenvalue weighted by atomic mass is 19.1. The molecule has 0 aliphatic heterocycles. The molecule has 21 heavy (non-hydrogen) atoms. The van der Waals surface area contributed by atoms with Crippen LogP contribution in [0, 0.1) is 17.1 Å². The van der Waals surface area contributed by atoms with E-state index in [0.29, 0.717) is 5.82 Å². The van der Waals surface area contributed by atoms with Crippen LogP contribution in [0.1, 0.15) is 24.5 Å². The quantitative estimate of drug-likeness (QED) is 0.882. The maximum absolute atomic E-state index is 14.0. The van der Waals surface area contributed by atoms with Gasteiger partial charge in [-0.15, -0.1) is 0 Å². The largest absolute Gasteiger partial charge is 0.373 e. The lowest BCUT2D eigenvalue weighted by Gasteiger charge is -2.14. The predicted octanol–water partition coefficient (Wildman–Crippen LogP) is 3.23. The van der Waals surface area contributed by atoms with Crippen molar-refractivity contribution in [3.05, 3.63) is 41.5 Å². The van der Waals surface area contributed by atoms with Gasteiger partial charge in [-0.2, -0.15) is 5.26 Å². The molecule has 1 heterocycles. The molecule has 0 aliphatic carbocycles. The van der Waals surface area contributed by atoms with Gasteiger partial charge in [-0.1, -0.05) is 13.3 Å². The van der Waals surface area contributed by atoms with Crippen LogP contribution in [-0.4, -0.2) is 17.0 Å². The minimum absolute atomic E-state index is 0.283. The van der Waals surface area contributed by atoms with Crippen LogP contribution in [0.15, 0.2) is 24.5 Å². The number of nitrogens with one attached hydrogen (secondary N) is 2. The van der Waals surface area contributed by atoms with E-state index in [0.717, 1.165) is 24.2 Å². The topological polar surface area (TPSA) is 73.6 Å². The maximum Gasteiger partial charge on any atom is 0.147 e. The molecule has 0 bridgehead atoms. The number of nitriles is 1. The second-order valence-electron chi connectivity index (χ2n) is 4.48. The highest BCUT2D eigenvalue weighted by molar-refractivity contribution is 5.65. The predicted molar refractivity (Wildman–Crippen MR) is 80.0 cm³/mol. The summed E-state index contributed by atoms with van der Waals surface area (Å²) in [6, 6.07) is 6.19. The molecular formula is C15H16FN5. The molecule has 6 heteroatoms. The van der Waals surface area contributed by atoms with Crippen molar-refractivity contribution in [3.8, 4) is 6.07 Å². The van der Waals surface area contributed by atoms with Crippen molar-refractivity contribution < 1.29 is 4.39 Å². The summed E-state index contributed by atoms with van der Waals surface area (Å²) in [5.74, 6) is 0.810. The van der Waals surface area contributed by atoms with Crippen molar-refractivity contribution in [1.82, 2.24) is 9.97 Å². The minimum atomic E-state index is -0.485. The first-order chi connectivity index (χ1) is 10.2. The Labute approximate surface area is 122 Å². The molecule has 0 unspecified atom stereocenters. The Balaban J connectivity index is 2.37. The minimum Gasteiger partial charge on any atom is -0.373 e. The molecule has 5 nitrogen and oxygen atoms in total. The van der Waals surface area contributed by atoms with Gasteiger partial charge >= 0.3 is 0 Å². The van der Waals surface area contributed by atoms with E-state index in [1.807, 2.05) is 6.07 Å². The maximum atomic E-state index is 14.0. The SMILES string of the molecule is CCCc1c(NC)ncnc1Nc1ccc(C#N)cc1F. The van der Waals surface area contributed by atoms with Crippen molar-refractivity contribution >= 4 is 17.3 Å². The molecule has 0 fully saturated rings. The van der Waals surface area contributed by atoms with Crippen LogP contribution in [0.2, 0.25) is 0 Å². The molecule has 1 aromatic heterocycles. The normalized spacial score (nSPS) is 10.0. The molecule has 108 valence electrons. The van der Waals surface area contributed by atoms with Crippen molar-refractivity contribution in [3.63, 3.8) is 0 Å².